The van der Waals surface area contributed by atoms with Crippen LogP contribution in [0.15, 0.2) is 54.6 Å². The number of hydrogen-bond acceptors (Lipinski definition) is 8. The minimum Gasteiger partial charge on any atom is -0.489 e. The fourth-order valence-corrected chi connectivity index (χ4v) is 2.99. The molecule has 8 nitrogen and oxygen atoms in total. The van der Waals surface area contributed by atoms with Crippen molar-refractivity contribution in [3.63, 3.8) is 0 Å². The van der Waals surface area contributed by atoms with E-state index < -0.39 is 43.3 Å². The summed E-state index contributed by atoms with van der Waals surface area (Å²) < 4.78 is 21.4. The highest BCUT2D eigenvalue weighted by molar-refractivity contribution is 5.89. The van der Waals surface area contributed by atoms with E-state index in [-0.39, 0.29) is 5.56 Å². The summed E-state index contributed by atoms with van der Waals surface area (Å²) in [5.41, 5.74) is 1.26. The van der Waals surface area contributed by atoms with Crippen molar-refractivity contribution in [2.75, 3.05) is 13.7 Å². The molecule has 0 bridgehead atoms. The number of methoxy groups -OCH3 is 1. The maximum Gasteiger partial charge on any atom is 0.338 e. The van der Waals surface area contributed by atoms with Crippen LogP contribution >= 0.6 is 0 Å². The standard InChI is InChI=1S/C21H24O8/c1-26-21-19(18(24)17(23)16(11-22)28-21)29-20(25)14-7-9-15(10-8-14)27-12-13-5-3-2-4-6-13/h2-10,16-19,21-24H,11-12H2,1H3/t16?,17?,18?,19-,21-/m1/s1. The summed E-state index contributed by atoms with van der Waals surface area (Å²) in [6.07, 6.45) is -6.30. The van der Waals surface area contributed by atoms with E-state index in [1.54, 1.807) is 12.1 Å². The Bertz CT molecular complexity index is 777. The fraction of sp³-hybridized carbons (Fsp3) is 0.381. The highest BCUT2D eigenvalue weighted by Crippen LogP contribution is 2.25. The van der Waals surface area contributed by atoms with Crippen molar-refractivity contribution in [1.29, 1.82) is 0 Å². The molecule has 1 heterocycles. The van der Waals surface area contributed by atoms with Gasteiger partial charge in [0, 0.05) is 7.11 Å². The van der Waals surface area contributed by atoms with Gasteiger partial charge in [-0.25, -0.2) is 4.79 Å². The Morgan fingerprint density at radius 1 is 1.03 bits per heavy atom. The smallest absolute Gasteiger partial charge is 0.338 e. The van der Waals surface area contributed by atoms with Crippen LogP contribution in [0.4, 0.5) is 0 Å². The molecule has 0 aromatic heterocycles. The first kappa shape index (κ1) is 21.2. The summed E-state index contributed by atoms with van der Waals surface area (Å²) >= 11 is 0. The molecule has 0 spiro atoms. The number of ether oxygens (including phenoxy) is 4. The molecule has 8 heteroatoms. The minimum atomic E-state index is -1.47. The maximum absolute atomic E-state index is 12.5. The van der Waals surface area contributed by atoms with Crippen molar-refractivity contribution in [1.82, 2.24) is 0 Å². The number of benzene rings is 2. The first-order valence-electron chi connectivity index (χ1n) is 9.16. The lowest BCUT2D eigenvalue weighted by Crippen LogP contribution is -2.60. The zero-order valence-corrected chi connectivity index (χ0v) is 15.9. The van der Waals surface area contributed by atoms with Gasteiger partial charge in [0.15, 0.2) is 12.4 Å². The molecule has 1 fully saturated rings. The molecule has 156 valence electrons. The topological polar surface area (TPSA) is 115 Å². The first-order valence-corrected chi connectivity index (χ1v) is 9.16. The molecule has 1 saturated heterocycles. The molecule has 0 amide bonds. The van der Waals surface area contributed by atoms with E-state index in [1.807, 2.05) is 30.3 Å². The first-order chi connectivity index (χ1) is 14.0. The molecular weight excluding hydrogens is 380 g/mol. The number of carbonyl (C=O) groups is 1. The molecule has 1 aliphatic rings. The Labute approximate surface area is 168 Å². The van der Waals surface area contributed by atoms with Gasteiger partial charge in [0.05, 0.1) is 12.2 Å². The predicted octanol–water partition coefficient (Wildman–Crippen LogP) is 0.876. The molecule has 29 heavy (non-hydrogen) atoms. The number of aliphatic hydroxyl groups excluding tert-OH is 3. The molecule has 3 rings (SSSR count). The summed E-state index contributed by atoms with van der Waals surface area (Å²) in [6, 6.07) is 16.0. The molecule has 0 radical (unpaired) electrons. The number of hydrogen-bond donors (Lipinski definition) is 3. The van der Waals surface area contributed by atoms with Crippen molar-refractivity contribution in [2.24, 2.45) is 0 Å². The molecule has 1 aliphatic heterocycles. The van der Waals surface area contributed by atoms with Crippen molar-refractivity contribution >= 4 is 5.97 Å². The van der Waals surface area contributed by atoms with Crippen molar-refractivity contribution in [3.05, 3.63) is 65.7 Å². The second kappa shape index (κ2) is 9.82. The average molecular weight is 404 g/mol. The second-order valence-corrected chi connectivity index (χ2v) is 6.61. The van der Waals surface area contributed by atoms with Gasteiger partial charge < -0.3 is 34.3 Å². The van der Waals surface area contributed by atoms with Gasteiger partial charge in [-0.1, -0.05) is 30.3 Å². The lowest BCUT2D eigenvalue weighted by atomic mass is 9.99. The van der Waals surface area contributed by atoms with Gasteiger partial charge in [0.1, 0.15) is 30.7 Å². The van der Waals surface area contributed by atoms with E-state index in [0.717, 1.165) is 5.56 Å². The zero-order chi connectivity index (χ0) is 20.8. The lowest BCUT2D eigenvalue weighted by Gasteiger charge is -2.40. The highest BCUT2D eigenvalue weighted by atomic mass is 16.7. The molecule has 2 aromatic carbocycles. The third-order valence-corrected chi connectivity index (χ3v) is 4.64. The molecular formula is C21H24O8. The van der Waals surface area contributed by atoms with Crippen LogP contribution in [-0.2, 0) is 20.8 Å². The Hall–Kier alpha value is -2.49. The van der Waals surface area contributed by atoms with E-state index in [0.29, 0.717) is 12.4 Å². The van der Waals surface area contributed by atoms with Crippen molar-refractivity contribution < 1.29 is 39.1 Å². The van der Waals surface area contributed by atoms with E-state index in [2.05, 4.69) is 0 Å². The van der Waals surface area contributed by atoms with Crippen LogP contribution in [0.2, 0.25) is 0 Å². The third kappa shape index (κ3) is 5.11. The van der Waals surface area contributed by atoms with Crippen molar-refractivity contribution in [3.8, 4) is 5.75 Å². The Balaban J connectivity index is 1.61. The monoisotopic (exact) mass is 404 g/mol. The number of aliphatic hydroxyl groups is 3. The number of esters is 1. The molecule has 0 saturated carbocycles. The molecule has 2 aromatic rings. The number of carbonyl (C=O) groups excluding carboxylic acids is 1. The normalized spacial score (nSPS) is 26.7. The van der Waals surface area contributed by atoms with E-state index in [4.69, 9.17) is 18.9 Å². The number of rotatable bonds is 7. The SMILES string of the molecule is CO[C@@H]1OC(CO)C(O)C(O)[C@H]1OC(=O)c1ccc(OCc2ccccc2)cc1. The molecule has 3 unspecified atom stereocenters. The van der Waals surface area contributed by atoms with Crippen LogP contribution < -0.4 is 4.74 Å². The van der Waals surface area contributed by atoms with Crippen LogP contribution in [0.5, 0.6) is 5.75 Å². The largest absolute Gasteiger partial charge is 0.489 e. The quantitative estimate of drug-likeness (QED) is 0.583. The highest BCUT2D eigenvalue weighted by Gasteiger charge is 2.46. The lowest BCUT2D eigenvalue weighted by molar-refractivity contribution is -0.293. The van der Waals surface area contributed by atoms with Gasteiger partial charge in [-0.05, 0) is 29.8 Å². The van der Waals surface area contributed by atoms with E-state index in [1.165, 1.54) is 19.2 Å². The van der Waals surface area contributed by atoms with E-state index in [9.17, 15) is 20.1 Å². The Morgan fingerprint density at radius 3 is 2.34 bits per heavy atom. The van der Waals surface area contributed by atoms with Gasteiger partial charge >= 0.3 is 5.97 Å². The summed E-state index contributed by atoms with van der Waals surface area (Å²) in [4.78, 5) is 12.5. The molecule has 5 atom stereocenters. The van der Waals surface area contributed by atoms with Gasteiger partial charge in [-0.3, -0.25) is 0 Å². The predicted molar refractivity (Wildman–Crippen MR) is 101 cm³/mol. The Morgan fingerprint density at radius 2 is 1.72 bits per heavy atom. The fourth-order valence-electron chi connectivity index (χ4n) is 2.99. The third-order valence-electron chi connectivity index (χ3n) is 4.64. The minimum absolute atomic E-state index is 0.234. The average Bonchev–Trinajstić information content (AvgIpc) is 2.76. The summed E-state index contributed by atoms with van der Waals surface area (Å²) in [7, 11) is 1.31. The summed E-state index contributed by atoms with van der Waals surface area (Å²) in [5, 5.41) is 29.4. The van der Waals surface area contributed by atoms with Crippen LogP contribution in [-0.4, -0.2) is 65.7 Å². The summed E-state index contributed by atoms with van der Waals surface area (Å²) in [5.74, 6) is -0.133. The van der Waals surface area contributed by atoms with Crippen LogP contribution in [0.1, 0.15) is 15.9 Å². The second-order valence-electron chi connectivity index (χ2n) is 6.61. The summed E-state index contributed by atoms with van der Waals surface area (Å²) in [6.45, 7) is -0.112. The van der Waals surface area contributed by atoms with Crippen LogP contribution in [0, 0.1) is 0 Å². The van der Waals surface area contributed by atoms with E-state index >= 15 is 0 Å². The zero-order valence-electron chi connectivity index (χ0n) is 15.9. The van der Waals surface area contributed by atoms with Gasteiger partial charge in [-0.2, -0.15) is 0 Å². The van der Waals surface area contributed by atoms with Crippen LogP contribution in [0.25, 0.3) is 0 Å². The molecule has 3 N–H and O–H groups in total. The molecule has 0 aliphatic carbocycles. The van der Waals surface area contributed by atoms with Crippen LogP contribution in [0.3, 0.4) is 0 Å². The van der Waals surface area contributed by atoms with Crippen molar-refractivity contribution in [2.45, 2.75) is 37.3 Å². The van der Waals surface area contributed by atoms with Gasteiger partial charge in [-0.15, -0.1) is 0 Å². The van der Waals surface area contributed by atoms with Gasteiger partial charge in [0.2, 0.25) is 0 Å². The van der Waals surface area contributed by atoms with Gasteiger partial charge in [0.25, 0.3) is 0 Å². The Kier molecular flexibility index (Phi) is 7.18. The maximum atomic E-state index is 12.5.